The minimum atomic E-state index is 0.308. The van der Waals surface area contributed by atoms with Gasteiger partial charge in [0.2, 0.25) is 0 Å². The first-order chi connectivity index (χ1) is 15.0. The number of nitrogens with zero attached hydrogens (tertiary/aromatic N) is 2. The van der Waals surface area contributed by atoms with Crippen molar-refractivity contribution in [3.8, 4) is 0 Å². The third kappa shape index (κ3) is 4.20. The maximum absolute atomic E-state index is 5.83. The number of fused-ring (bicyclic) bond motifs is 1. The van der Waals surface area contributed by atoms with E-state index in [4.69, 9.17) is 15.7 Å². The Kier molecular flexibility index (Phi) is 6.33. The Labute approximate surface area is 186 Å². The molecule has 0 saturated heterocycles. The van der Waals surface area contributed by atoms with Crippen LogP contribution in [0.1, 0.15) is 84.2 Å². The highest BCUT2D eigenvalue weighted by molar-refractivity contribution is 5.92. The highest BCUT2D eigenvalue weighted by Gasteiger charge is 2.31. The van der Waals surface area contributed by atoms with Gasteiger partial charge in [-0.25, -0.2) is 0 Å². The Morgan fingerprint density at radius 2 is 1.84 bits per heavy atom. The number of nitrogens with two attached hydrogens (primary N) is 1. The number of benzene rings is 1. The van der Waals surface area contributed by atoms with Gasteiger partial charge >= 0.3 is 0 Å². The van der Waals surface area contributed by atoms with E-state index in [1.807, 2.05) is 18.5 Å². The molecule has 2 aromatic heterocycles. The first-order valence-corrected chi connectivity index (χ1v) is 11.4. The van der Waals surface area contributed by atoms with Crippen LogP contribution in [0, 0.1) is 13.8 Å². The summed E-state index contributed by atoms with van der Waals surface area (Å²) in [5.74, 6) is 0.680. The molecule has 2 N–H and O–H groups in total. The number of hydrogen-bond acceptors (Lipinski definition) is 3. The summed E-state index contributed by atoms with van der Waals surface area (Å²) in [4.78, 5) is 9.63. The highest BCUT2D eigenvalue weighted by Crippen LogP contribution is 2.48. The Hall–Kier alpha value is -2.78. The van der Waals surface area contributed by atoms with E-state index in [0.717, 1.165) is 36.2 Å². The molecule has 160 valence electrons. The number of aromatic nitrogens is 2. The predicted octanol–water partition coefficient (Wildman–Crippen LogP) is 6.55. The first-order valence-electron chi connectivity index (χ1n) is 11.4. The van der Waals surface area contributed by atoms with Crippen molar-refractivity contribution in [2.75, 3.05) is 0 Å². The van der Waals surface area contributed by atoms with E-state index in [2.05, 4.69) is 64.1 Å². The molecule has 1 aliphatic rings. The molecule has 0 bridgehead atoms. The van der Waals surface area contributed by atoms with E-state index < -0.39 is 0 Å². The molecule has 2 heterocycles. The number of pyridine rings is 2. The van der Waals surface area contributed by atoms with Crippen LogP contribution in [0.3, 0.4) is 0 Å². The highest BCUT2D eigenvalue weighted by atomic mass is 14.7. The lowest BCUT2D eigenvalue weighted by molar-refractivity contribution is 0.575. The largest absolute Gasteiger partial charge is 0.326 e. The minimum Gasteiger partial charge on any atom is -0.326 e. The third-order valence-corrected chi connectivity index (χ3v) is 6.81. The standard InChI is InChI=1S/C28H33N3/c1-5-8-22-25-14-19(3)18(2)13-23(25)20(4)24(27-9-6-7-12-30-27)15-26(22)28-11-10-21(16-29)17-31-28/h6-7,9-14,17,20,24H,5,8,15-16,29H2,1-4H3. The average Bonchev–Trinajstić information content (AvgIpc) is 2.91. The van der Waals surface area contributed by atoms with E-state index in [-0.39, 0.29) is 0 Å². The SMILES string of the molecule is CCCC1=C(c2ccc(CN)cn2)CC(c2ccccn2)C(C)c2cc(C)c(C)cc21. The molecule has 4 rings (SSSR count). The zero-order valence-corrected chi connectivity index (χ0v) is 19.2. The lowest BCUT2D eigenvalue weighted by atomic mass is 9.81. The van der Waals surface area contributed by atoms with Crippen molar-refractivity contribution >= 4 is 11.1 Å². The summed E-state index contributed by atoms with van der Waals surface area (Å²) in [5, 5.41) is 0. The second kappa shape index (κ2) is 9.15. The van der Waals surface area contributed by atoms with Gasteiger partial charge in [-0.1, -0.05) is 44.5 Å². The molecular formula is C28H33N3. The number of hydrogen-bond donors (Lipinski definition) is 1. The molecule has 31 heavy (non-hydrogen) atoms. The topological polar surface area (TPSA) is 51.8 Å². The van der Waals surface area contributed by atoms with Crippen LogP contribution in [0.2, 0.25) is 0 Å². The molecule has 2 unspecified atom stereocenters. The zero-order valence-electron chi connectivity index (χ0n) is 19.2. The van der Waals surface area contributed by atoms with Gasteiger partial charge in [0, 0.05) is 30.6 Å². The molecule has 3 nitrogen and oxygen atoms in total. The van der Waals surface area contributed by atoms with Crippen molar-refractivity contribution in [1.82, 2.24) is 9.97 Å². The molecule has 0 amide bonds. The molecule has 3 aromatic rings. The normalized spacial score (nSPS) is 18.6. The maximum Gasteiger partial charge on any atom is 0.0665 e. The second-order valence-electron chi connectivity index (χ2n) is 8.84. The van der Waals surface area contributed by atoms with Gasteiger partial charge in [0.1, 0.15) is 0 Å². The Morgan fingerprint density at radius 1 is 1.03 bits per heavy atom. The molecule has 0 radical (unpaired) electrons. The summed E-state index contributed by atoms with van der Waals surface area (Å²) in [7, 11) is 0. The fourth-order valence-corrected chi connectivity index (χ4v) is 4.85. The van der Waals surface area contributed by atoms with Crippen molar-refractivity contribution < 1.29 is 0 Å². The predicted molar refractivity (Wildman–Crippen MR) is 130 cm³/mol. The quantitative estimate of drug-likeness (QED) is 0.517. The van der Waals surface area contributed by atoms with Gasteiger partial charge in [0.25, 0.3) is 0 Å². The van der Waals surface area contributed by atoms with Gasteiger partial charge in [-0.3, -0.25) is 9.97 Å². The van der Waals surface area contributed by atoms with Gasteiger partial charge in [0.15, 0.2) is 0 Å². The zero-order chi connectivity index (χ0) is 22.0. The average molecular weight is 412 g/mol. The monoisotopic (exact) mass is 411 g/mol. The number of aryl methyl sites for hydroxylation is 2. The van der Waals surface area contributed by atoms with E-state index in [1.54, 1.807) is 0 Å². The molecule has 0 aliphatic heterocycles. The maximum atomic E-state index is 5.83. The van der Waals surface area contributed by atoms with Crippen LogP contribution >= 0.6 is 0 Å². The van der Waals surface area contributed by atoms with Crippen molar-refractivity contribution in [2.45, 2.75) is 65.3 Å². The van der Waals surface area contributed by atoms with E-state index in [1.165, 1.54) is 33.4 Å². The van der Waals surface area contributed by atoms with Crippen molar-refractivity contribution in [1.29, 1.82) is 0 Å². The lowest BCUT2D eigenvalue weighted by Gasteiger charge is -2.24. The first kappa shape index (κ1) is 21.5. The van der Waals surface area contributed by atoms with Crippen LogP contribution in [0.15, 0.2) is 54.9 Å². The number of allylic oxidation sites excluding steroid dienone is 2. The summed E-state index contributed by atoms with van der Waals surface area (Å²) >= 11 is 0. The van der Waals surface area contributed by atoms with Gasteiger partial charge in [0.05, 0.1) is 5.69 Å². The smallest absolute Gasteiger partial charge is 0.0665 e. The van der Waals surface area contributed by atoms with Crippen LogP contribution in [-0.4, -0.2) is 9.97 Å². The summed E-state index contributed by atoms with van der Waals surface area (Å²) in [6.07, 6.45) is 6.94. The molecular weight excluding hydrogens is 378 g/mol. The summed E-state index contributed by atoms with van der Waals surface area (Å²) in [6.45, 7) is 9.59. The fourth-order valence-electron chi connectivity index (χ4n) is 4.85. The molecule has 1 aromatic carbocycles. The third-order valence-electron chi connectivity index (χ3n) is 6.81. The van der Waals surface area contributed by atoms with Gasteiger partial charge < -0.3 is 5.73 Å². The van der Waals surface area contributed by atoms with E-state index in [9.17, 15) is 0 Å². The van der Waals surface area contributed by atoms with Crippen LogP contribution in [0.25, 0.3) is 11.1 Å². The second-order valence-corrected chi connectivity index (χ2v) is 8.84. The van der Waals surface area contributed by atoms with Gasteiger partial charge in [-0.15, -0.1) is 0 Å². The molecule has 0 spiro atoms. The summed E-state index contributed by atoms with van der Waals surface area (Å²) in [5.41, 5.74) is 17.5. The molecule has 1 aliphatic carbocycles. The van der Waals surface area contributed by atoms with Crippen LogP contribution in [-0.2, 0) is 6.54 Å². The van der Waals surface area contributed by atoms with Crippen molar-refractivity contribution in [3.63, 3.8) is 0 Å². The van der Waals surface area contributed by atoms with Gasteiger partial charge in [-0.05, 0) is 89.8 Å². The van der Waals surface area contributed by atoms with E-state index in [0.29, 0.717) is 18.4 Å². The molecule has 2 atom stereocenters. The Balaban J connectivity index is 1.98. The van der Waals surface area contributed by atoms with Crippen LogP contribution < -0.4 is 5.73 Å². The van der Waals surface area contributed by atoms with Gasteiger partial charge in [-0.2, -0.15) is 0 Å². The summed E-state index contributed by atoms with van der Waals surface area (Å²) < 4.78 is 0. The molecule has 0 fully saturated rings. The summed E-state index contributed by atoms with van der Waals surface area (Å²) in [6, 6.07) is 15.4. The van der Waals surface area contributed by atoms with Crippen LogP contribution in [0.4, 0.5) is 0 Å². The number of rotatable bonds is 5. The Morgan fingerprint density at radius 3 is 2.48 bits per heavy atom. The van der Waals surface area contributed by atoms with Crippen molar-refractivity contribution in [3.05, 3.63) is 94.1 Å². The Bertz CT molecular complexity index is 1080. The van der Waals surface area contributed by atoms with Crippen LogP contribution in [0.5, 0.6) is 0 Å². The van der Waals surface area contributed by atoms with E-state index >= 15 is 0 Å². The molecule has 0 saturated carbocycles. The molecule has 3 heteroatoms. The minimum absolute atomic E-state index is 0.308. The van der Waals surface area contributed by atoms with Crippen molar-refractivity contribution in [2.24, 2.45) is 5.73 Å². The lowest BCUT2D eigenvalue weighted by Crippen LogP contribution is -2.11. The fraction of sp³-hybridized carbons (Fsp3) is 0.357.